The quantitative estimate of drug-likeness (QED) is 0.905. The number of hydrogen-bond donors (Lipinski definition) is 1. The van der Waals surface area contributed by atoms with E-state index in [1.165, 1.54) is 6.07 Å². The van der Waals surface area contributed by atoms with Crippen LogP contribution in [0.25, 0.3) is 11.1 Å². The molecule has 1 fully saturated rings. The van der Waals surface area contributed by atoms with Crippen LogP contribution in [0.3, 0.4) is 0 Å². The van der Waals surface area contributed by atoms with Gasteiger partial charge in [0.05, 0.1) is 30.9 Å². The third-order valence-corrected chi connectivity index (χ3v) is 3.53. The van der Waals surface area contributed by atoms with E-state index in [4.69, 9.17) is 9.15 Å². The zero-order chi connectivity index (χ0) is 14.3. The predicted molar refractivity (Wildman–Crippen MR) is 73.2 cm³/mol. The van der Waals surface area contributed by atoms with Crippen LogP contribution < -0.4 is 4.90 Å². The van der Waals surface area contributed by atoms with E-state index in [0.29, 0.717) is 30.3 Å². The molecule has 3 rings (SSSR count). The molecule has 0 aliphatic carbocycles. The van der Waals surface area contributed by atoms with Crippen LogP contribution >= 0.6 is 0 Å². The molecule has 2 unspecified atom stereocenters. The summed E-state index contributed by atoms with van der Waals surface area (Å²) in [6.45, 7) is 5.27. The number of carbonyl (C=O) groups is 1. The predicted octanol–water partition coefficient (Wildman–Crippen LogP) is 2.14. The maximum atomic E-state index is 11.2. The van der Waals surface area contributed by atoms with E-state index in [1.807, 2.05) is 18.7 Å². The number of hydrogen-bond acceptors (Lipinski definition) is 5. The average molecular weight is 276 g/mol. The van der Waals surface area contributed by atoms with E-state index in [1.54, 1.807) is 12.1 Å². The first-order valence-corrected chi connectivity index (χ1v) is 6.57. The molecular formula is C14H16N2O4. The van der Waals surface area contributed by atoms with Crippen molar-refractivity contribution in [2.24, 2.45) is 0 Å². The fourth-order valence-electron chi connectivity index (χ4n) is 2.60. The number of carboxylic acid groups (broad SMARTS) is 1. The molecule has 0 spiro atoms. The molecule has 0 bridgehead atoms. The van der Waals surface area contributed by atoms with Gasteiger partial charge in [0.2, 0.25) is 0 Å². The maximum absolute atomic E-state index is 11.2. The maximum Gasteiger partial charge on any atom is 0.338 e. The van der Waals surface area contributed by atoms with Crippen molar-refractivity contribution in [3.63, 3.8) is 0 Å². The van der Waals surface area contributed by atoms with Gasteiger partial charge in [0.1, 0.15) is 5.52 Å². The third kappa shape index (κ3) is 2.02. The van der Waals surface area contributed by atoms with Crippen LogP contribution in [0, 0.1) is 0 Å². The second-order valence-electron chi connectivity index (χ2n) is 5.10. The van der Waals surface area contributed by atoms with E-state index >= 15 is 0 Å². The number of nitrogens with zero attached hydrogens (tertiary/aromatic N) is 2. The summed E-state index contributed by atoms with van der Waals surface area (Å²) < 4.78 is 11.2. The Kier molecular flexibility index (Phi) is 3.10. The number of fused-ring (bicyclic) bond motifs is 1. The highest BCUT2D eigenvalue weighted by Gasteiger charge is 2.29. The van der Waals surface area contributed by atoms with Gasteiger partial charge in [-0.25, -0.2) is 4.79 Å². The van der Waals surface area contributed by atoms with Crippen molar-refractivity contribution in [1.29, 1.82) is 0 Å². The average Bonchev–Trinajstić information content (AvgIpc) is 2.81. The Morgan fingerprint density at radius 2 is 2.05 bits per heavy atom. The summed E-state index contributed by atoms with van der Waals surface area (Å²) in [5, 5.41) is 9.19. The van der Waals surface area contributed by atoms with Crippen molar-refractivity contribution >= 4 is 23.1 Å². The molecule has 0 saturated carbocycles. The van der Waals surface area contributed by atoms with Gasteiger partial charge < -0.3 is 19.2 Å². The molecule has 2 atom stereocenters. The highest BCUT2D eigenvalue weighted by molar-refractivity contribution is 6.00. The summed E-state index contributed by atoms with van der Waals surface area (Å²) in [6.07, 6.45) is 0. The normalized spacial score (nSPS) is 23.2. The fourth-order valence-corrected chi connectivity index (χ4v) is 2.60. The Labute approximate surface area is 116 Å². The number of morpholine rings is 1. The van der Waals surface area contributed by atoms with Crippen LogP contribution in [-0.4, -0.2) is 41.4 Å². The summed E-state index contributed by atoms with van der Waals surface area (Å²) in [4.78, 5) is 17.6. The molecule has 1 aromatic carbocycles. The number of carboxylic acids is 1. The van der Waals surface area contributed by atoms with Gasteiger partial charge in [-0.2, -0.15) is 4.98 Å². The zero-order valence-corrected chi connectivity index (χ0v) is 11.4. The van der Waals surface area contributed by atoms with Crippen molar-refractivity contribution in [3.8, 4) is 0 Å². The van der Waals surface area contributed by atoms with E-state index in [-0.39, 0.29) is 17.6 Å². The monoisotopic (exact) mass is 276 g/mol. The molecule has 2 aromatic rings. The van der Waals surface area contributed by atoms with Gasteiger partial charge in [0, 0.05) is 0 Å². The Balaban J connectivity index is 2.08. The topological polar surface area (TPSA) is 75.8 Å². The molecule has 1 aliphatic rings. The lowest BCUT2D eigenvalue weighted by atomic mass is 10.2. The first kappa shape index (κ1) is 12.9. The lowest BCUT2D eigenvalue weighted by Gasteiger charge is -2.37. The Morgan fingerprint density at radius 3 is 2.70 bits per heavy atom. The molecule has 20 heavy (non-hydrogen) atoms. The molecule has 2 heterocycles. The first-order chi connectivity index (χ1) is 9.58. The van der Waals surface area contributed by atoms with Crippen LogP contribution in [0.1, 0.15) is 24.2 Å². The largest absolute Gasteiger partial charge is 0.478 e. The third-order valence-electron chi connectivity index (χ3n) is 3.53. The second-order valence-corrected chi connectivity index (χ2v) is 5.10. The van der Waals surface area contributed by atoms with Crippen LogP contribution in [0.4, 0.5) is 6.01 Å². The lowest BCUT2D eigenvalue weighted by molar-refractivity contribution is 0.0698. The number of para-hydroxylation sites is 1. The number of oxazole rings is 1. The summed E-state index contributed by atoms with van der Waals surface area (Å²) >= 11 is 0. The number of benzene rings is 1. The van der Waals surface area contributed by atoms with Crippen LogP contribution in [-0.2, 0) is 4.74 Å². The zero-order valence-electron chi connectivity index (χ0n) is 11.4. The SMILES string of the molecule is CC1COCC(C)N1c1nc2c(C(=O)O)cccc2o1. The number of aromatic nitrogens is 1. The second kappa shape index (κ2) is 4.79. The smallest absolute Gasteiger partial charge is 0.338 e. The minimum Gasteiger partial charge on any atom is -0.478 e. The molecule has 1 saturated heterocycles. The van der Waals surface area contributed by atoms with Crippen molar-refractivity contribution in [1.82, 2.24) is 4.98 Å². The number of anilines is 1. The van der Waals surface area contributed by atoms with Crippen LogP contribution in [0.15, 0.2) is 22.6 Å². The highest BCUT2D eigenvalue weighted by atomic mass is 16.5. The molecule has 0 amide bonds. The van der Waals surface area contributed by atoms with Crippen molar-refractivity contribution in [2.75, 3.05) is 18.1 Å². The summed E-state index contributed by atoms with van der Waals surface area (Å²) in [6, 6.07) is 5.65. The van der Waals surface area contributed by atoms with Crippen molar-refractivity contribution in [3.05, 3.63) is 23.8 Å². The summed E-state index contributed by atoms with van der Waals surface area (Å²) in [7, 11) is 0. The van der Waals surface area contributed by atoms with Gasteiger partial charge in [-0.15, -0.1) is 0 Å². The van der Waals surface area contributed by atoms with Crippen LogP contribution in [0.5, 0.6) is 0 Å². The Hall–Kier alpha value is -2.08. The van der Waals surface area contributed by atoms with Gasteiger partial charge in [0.15, 0.2) is 5.58 Å². The molecular weight excluding hydrogens is 260 g/mol. The Morgan fingerprint density at radius 1 is 1.35 bits per heavy atom. The molecule has 1 aliphatic heterocycles. The molecule has 0 radical (unpaired) electrons. The fraction of sp³-hybridized carbons (Fsp3) is 0.429. The lowest BCUT2D eigenvalue weighted by Crippen LogP contribution is -2.49. The van der Waals surface area contributed by atoms with Gasteiger partial charge in [-0.05, 0) is 26.0 Å². The van der Waals surface area contributed by atoms with Crippen molar-refractivity contribution in [2.45, 2.75) is 25.9 Å². The Bertz CT molecular complexity index is 642. The van der Waals surface area contributed by atoms with Gasteiger partial charge >= 0.3 is 5.97 Å². The van der Waals surface area contributed by atoms with Crippen LogP contribution in [0.2, 0.25) is 0 Å². The summed E-state index contributed by atoms with van der Waals surface area (Å²) in [5.41, 5.74) is 1.04. The number of ether oxygens (including phenoxy) is 1. The van der Waals surface area contributed by atoms with E-state index in [9.17, 15) is 9.90 Å². The van der Waals surface area contributed by atoms with Crippen molar-refractivity contribution < 1.29 is 19.1 Å². The summed E-state index contributed by atoms with van der Waals surface area (Å²) in [5.74, 6) is -1.00. The van der Waals surface area contributed by atoms with Gasteiger partial charge in [-0.3, -0.25) is 0 Å². The van der Waals surface area contributed by atoms with E-state index in [2.05, 4.69) is 4.98 Å². The minimum absolute atomic E-state index is 0.139. The minimum atomic E-state index is -1.00. The van der Waals surface area contributed by atoms with Gasteiger partial charge in [-0.1, -0.05) is 6.07 Å². The standard InChI is InChI=1S/C14H16N2O4/c1-8-6-19-7-9(2)16(8)14-15-12-10(13(17)18)4-3-5-11(12)20-14/h3-5,8-9H,6-7H2,1-2H3,(H,17,18). The number of aromatic carboxylic acids is 1. The highest BCUT2D eigenvalue weighted by Crippen LogP contribution is 2.28. The number of rotatable bonds is 2. The molecule has 106 valence electrons. The molecule has 1 N–H and O–H groups in total. The first-order valence-electron chi connectivity index (χ1n) is 6.57. The van der Waals surface area contributed by atoms with E-state index in [0.717, 1.165) is 0 Å². The molecule has 6 nitrogen and oxygen atoms in total. The van der Waals surface area contributed by atoms with E-state index < -0.39 is 5.97 Å². The van der Waals surface area contributed by atoms with Gasteiger partial charge in [0.25, 0.3) is 6.01 Å². The molecule has 1 aromatic heterocycles. The molecule has 6 heteroatoms.